The molecule has 1 aromatic heterocycles. The second-order valence-electron chi connectivity index (χ2n) is 7.40. The van der Waals surface area contributed by atoms with Gasteiger partial charge in [-0.3, -0.25) is 9.36 Å². The van der Waals surface area contributed by atoms with E-state index >= 15 is 0 Å². The van der Waals surface area contributed by atoms with Crippen LogP contribution in [0.5, 0.6) is 5.75 Å². The van der Waals surface area contributed by atoms with Gasteiger partial charge in [-0.1, -0.05) is 0 Å². The van der Waals surface area contributed by atoms with Crippen molar-refractivity contribution in [3.8, 4) is 5.75 Å². The van der Waals surface area contributed by atoms with Crippen LogP contribution in [-0.2, 0) is 16.6 Å². The zero-order valence-electron chi connectivity index (χ0n) is 18.0. The molecule has 4 rings (SSSR count). The quantitative estimate of drug-likeness (QED) is 0.560. The fraction of sp³-hybridized carbons (Fsp3) is 0.364. The molecule has 32 heavy (non-hydrogen) atoms. The Morgan fingerprint density at radius 1 is 1.03 bits per heavy atom. The SMILES string of the molecule is CCOc1ccc(C(=O)N2CCN(S(=O)(=O)c3ccc4c(c3)oc(=O)n4CC)CC2)cc1. The van der Waals surface area contributed by atoms with E-state index in [-0.39, 0.29) is 42.6 Å². The number of piperazine rings is 1. The van der Waals surface area contributed by atoms with Crippen molar-refractivity contribution in [2.75, 3.05) is 32.8 Å². The third-order valence-corrected chi connectivity index (χ3v) is 7.43. The normalized spacial score (nSPS) is 15.2. The smallest absolute Gasteiger partial charge is 0.419 e. The van der Waals surface area contributed by atoms with Gasteiger partial charge in [-0.15, -0.1) is 0 Å². The molecule has 1 saturated heterocycles. The van der Waals surface area contributed by atoms with Crippen LogP contribution < -0.4 is 10.5 Å². The standard InChI is InChI=1S/C22H25N3O6S/c1-3-25-19-10-9-18(15-20(19)31-22(25)27)32(28,29)24-13-11-23(12-14-24)21(26)16-5-7-17(8-6-16)30-4-2/h5-10,15H,3-4,11-14H2,1-2H3. The van der Waals surface area contributed by atoms with Crippen LogP contribution in [0, 0.1) is 0 Å². The summed E-state index contributed by atoms with van der Waals surface area (Å²) in [6, 6.07) is 11.4. The molecule has 1 fully saturated rings. The molecule has 0 atom stereocenters. The number of aryl methyl sites for hydroxylation is 1. The van der Waals surface area contributed by atoms with E-state index in [0.29, 0.717) is 30.0 Å². The number of rotatable bonds is 6. The monoisotopic (exact) mass is 459 g/mol. The lowest BCUT2D eigenvalue weighted by Crippen LogP contribution is -2.50. The van der Waals surface area contributed by atoms with Crippen molar-refractivity contribution in [1.82, 2.24) is 13.8 Å². The molecule has 2 aromatic carbocycles. The summed E-state index contributed by atoms with van der Waals surface area (Å²) in [7, 11) is -3.78. The highest BCUT2D eigenvalue weighted by Gasteiger charge is 2.31. The maximum Gasteiger partial charge on any atom is 0.419 e. The zero-order valence-corrected chi connectivity index (χ0v) is 18.8. The predicted octanol–water partition coefficient (Wildman–Crippen LogP) is 2.16. The zero-order chi connectivity index (χ0) is 22.9. The average molecular weight is 460 g/mol. The van der Waals surface area contributed by atoms with E-state index in [4.69, 9.17) is 9.15 Å². The van der Waals surface area contributed by atoms with Crippen LogP contribution in [0.4, 0.5) is 0 Å². The first-order valence-electron chi connectivity index (χ1n) is 10.5. The number of benzene rings is 2. The van der Waals surface area contributed by atoms with Gasteiger partial charge in [0.15, 0.2) is 5.58 Å². The van der Waals surface area contributed by atoms with Crippen molar-refractivity contribution in [3.63, 3.8) is 0 Å². The summed E-state index contributed by atoms with van der Waals surface area (Å²) in [6.07, 6.45) is 0. The third kappa shape index (κ3) is 4.03. The molecule has 1 aliphatic heterocycles. The van der Waals surface area contributed by atoms with Gasteiger partial charge >= 0.3 is 5.76 Å². The molecule has 2 heterocycles. The predicted molar refractivity (Wildman–Crippen MR) is 118 cm³/mol. The summed E-state index contributed by atoms with van der Waals surface area (Å²) in [6.45, 7) is 5.63. The number of hydrogen-bond donors (Lipinski definition) is 0. The fourth-order valence-corrected chi connectivity index (χ4v) is 5.27. The molecule has 0 N–H and O–H groups in total. The van der Waals surface area contributed by atoms with Crippen molar-refractivity contribution < 1.29 is 22.4 Å². The van der Waals surface area contributed by atoms with E-state index in [1.54, 1.807) is 35.2 Å². The Morgan fingerprint density at radius 3 is 2.34 bits per heavy atom. The third-order valence-electron chi connectivity index (χ3n) is 5.53. The molecule has 0 bridgehead atoms. The fourth-order valence-electron chi connectivity index (χ4n) is 3.83. The average Bonchev–Trinajstić information content (AvgIpc) is 3.13. The van der Waals surface area contributed by atoms with Crippen LogP contribution in [0.25, 0.3) is 11.1 Å². The maximum atomic E-state index is 13.1. The molecule has 1 amide bonds. The molecule has 0 saturated carbocycles. The van der Waals surface area contributed by atoms with Gasteiger partial charge in [-0.2, -0.15) is 4.31 Å². The molecule has 0 unspecified atom stereocenters. The largest absolute Gasteiger partial charge is 0.494 e. The van der Waals surface area contributed by atoms with Crippen molar-refractivity contribution in [1.29, 1.82) is 0 Å². The van der Waals surface area contributed by atoms with E-state index in [1.165, 1.54) is 21.0 Å². The minimum atomic E-state index is -3.78. The summed E-state index contributed by atoms with van der Waals surface area (Å²) in [5.41, 5.74) is 1.33. The van der Waals surface area contributed by atoms with E-state index in [9.17, 15) is 18.0 Å². The Morgan fingerprint density at radius 2 is 1.72 bits per heavy atom. The molecule has 1 aliphatic rings. The van der Waals surface area contributed by atoms with Crippen LogP contribution in [0.3, 0.4) is 0 Å². The number of oxazole rings is 1. The Labute approximate surface area is 185 Å². The molecule has 0 spiro atoms. The van der Waals surface area contributed by atoms with Gasteiger partial charge in [-0.05, 0) is 50.2 Å². The van der Waals surface area contributed by atoms with Crippen LogP contribution in [0.15, 0.2) is 56.6 Å². The summed E-state index contributed by atoms with van der Waals surface area (Å²) in [5.74, 6) is 0.0368. The van der Waals surface area contributed by atoms with Gasteiger partial charge in [-0.25, -0.2) is 13.2 Å². The highest BCUT2D eigenvalue weighted by Crippen LogP contribution is 2.23. The summed E-state index contributed by atoms with van der Waals surface area (Å²) in [5, 5.41) is 0. The van der Waals surface area contributed by atoms with Crippen molar-refractivity contribution >= 4 is 27.0 Å². The second-order valence-corrected chi connectivity index (χ2v) is 9.33. The maximum absolute atomic E-state index is 13.1. The Kier molecular flexibility index (Phi) is 6.07. The molecule has 9 nitrogen and oxygen atoms in total. The summed E-state index contributed by atoms with van der Waals surface area (Å²) < 4.78 is 39.6. The number of amides is 1. The van der Waals surface area contributed by atoms with Crippen LogP contribution in [-0.4, -0.2) is 60.9 Å². The van der Waals surface area contributed by atoms with Gasteiger partial charge in [0.1, 0.15) is 5.75 Å². The van der Waals surface area contributed by atoms with E-state index in [2.05, 4.69) is 0 Å². The van der Waals surface area contributed by atoms with E-state index in [0.717, 1.165) is 0 Å². The lowest BCUT2D eigenvalue weighted by atomic mass is 10.2. The van der Waals surface area contributed by atoms with Crippen molar-refractivity contribution in [2.24, 2.45) is 0 Å². The molecule has 170 valence electrons. The van der Waals surface area contributed by atoms with E-state index in [1.807, 2.05) is 13.8 Å². The second kappa shape index (κ2) is 8.79. The van der Waals surface area contributed by atoms with Crippen LogP contribution in [0.1, 0.15) is 24.2 Å². The minimum Gasteiger partial charge on any atom is -0.494 e. The highest BCUT2D eigenvalue weighted by atomic mass is 32.2. The van der Waals surface area contributed by atoms with E-state index < -0.39 is 15.8 Å². The topological polar surface area (TPSA) is 102 Å². The minimum absolute atomic E-state index is 0.0632. The molecule has 10 heteroatoms. The van der Waals surface area contributed by atoms with Crippen LogP contribution >= 0.6 is 0 Å². The van der Waals surface area contributed by atoms with Crippen LogP contribution in [0.2, 0.25) is 0 Å². The van der Waals surface area contributed by atoms with Gasteiger partial charge in [0.2, 0.25) is 10.0 Å². The van der Waals surface area contributed by atoms with Gasteiger partial charge in [0.05, 0.1) is 17.0 Å². The first kappa shape index (κ1) is 22.1. The van der Waals surface area contributed by atoms with Gasteiger partial charge in [0.25, 0.3) is 5.91 Å². The molecular formula is C22H25N3O6S. The molecule has 0 aliphatic carbocycles. The highest BCUT2D eigenvalue weighted by molar-refractivity contribution is 7.89. The number of carbonyl (C=O) groups excluding carboxylic acids is 1. The number of fused-ring (bicyclic) bond motifs is 1. The molecule has 3 aromatic rings. The number of hydrogen-bond acceptors (Lipinski definition) is 6. The summed E-state index contributed by atoms with van der Waals surface area (Å²) in [4.78, 5) is 26.4. The number of sulfonamides is 1. The number of carbonyl (C=O) groups is 1. The first-order valence-corrected chi connectivity index (χ1v) is 11.9. The number of nitrogens with zero attached hydrogens (tertiary/aromatic N) is 3. The molecule has 0 radical (unpaired) electrons. The number of aromatic nitrogens is 1. The number of ether oxygens (including phenoxy) is 1. The Balaban J connectivity index is 1.46. The summed E-state index contributed by atoms with van der Waals surface area (Å²) >= 11 is 0. The molecular weight excluding hydrogens is 434 g/mol. The van der Waals surface area contributed by atoms with Gasteiger partial charge < -0.3 is 14.1 Å². The Bertz CT molecular complexity index is 1290. The first-order chi connectivity index (χ1) is 15.3. The van der Waals surface area contributed by atoms with Gasteiger partial charge in [0, 0.05) is 44.4 Å². The van der Waals surface area contributed by atoms with Crippen molar-refractivity contribution in [3.05, 3.63) is 58.6 Å². The Hall–Kier alpha value is -3.11. The lowest BCUT2D eigenvalue weighted by molar-refractivity contribution is 0.0698. The lowest BCUT2D eigenvalue weighted by Gasteiger charge is -2.34. The van der Waals surface area contributed by atoms with Crippen molar-refractivity contribution in [2.45, 2.75) is 25.3 Å².